The van der Waals surface area contributed by atoms with Crippen molar-refractivity contribution in [3.05, 3.63) is 75.9 Å². The maximum Gasteiger partial charge on any atom is 1.00 e. The van der Waals surface area contributed by atoms with Crippen LogP contribution in [0.15, 0.2) is 36.4 Å². The van der Waals surface area contributed by atoms with Crippen molar-refractivity contribution in [3.8, 4) is 5.75 Å². The van der Waals surface area contributed by atoms with Gasteiger partial charge in [-0.1, -0.05) is 13.5 Å². The second-order valence-corrected chi connectivity index (χ2v) is 18.3. The quantitative estimate of drug-likeness (QED) is 0.00562. The average Bonchev–Trinajstić information content (AvgIpc) is 1.71. The molecule has 4 aromatic rings. The number of alkyl halides is 12. The van der Waals surface area contributed by atoms with E-state index in [4.69, 9.17) is 30.0 Å². The molecular weight excluding hydrogens is 1430 g/mol. The standard InChI is InChI=1S/2C8H10F2N2O2.C8H10F2O3.C7H16O3.C6H5ClF2N2O.C6H6F2N2O2.C6H8F2O3.CH6N2.CH4.Cl2OS.Na.H2O/c1-3-14-8(13)5-4-12(2)11-6(5)7(9)10;1-3-14-8(13)5-4-11-12(2)6(5)7(9)10;1-3-5(6(11)7(9)10)8(12)13-4-2;1-4-8-7(9-5-2)10-6-3;1-11-2-3(5(7)12)4(10-11)6(8)9;1-10-2-4(12-3-11)5(9-10)6(7)8;1-2-11-5(10)3-4(9)6(7)8;1-3-2;;1-4(2)3;;/h2*4,7H,3H2,1-2H3;3,7H,4H2,1-2H3;7H,4-6H2,1-3H3;2,6H,1H3;2-3,6H,1H3;6H,2-3H2,1H3;3H,2H2,1H3;1H4;;;1H2/q;;;;;;;;;;+1;/p-1/b;;5-3-;;;;;;;;;. The zero-order chi connectivity index (χ0) is 73.3. The molecule has 0 amide bonds. The van der Waals surface area contributed by atoms with Crippen LogP contribution in [0.4, 0.5) is 52.7 Å². The number of esters is 4. The van der Waals surface area contributed by atoms with Crippen LogP contribution in [0.2, 0.25) is 0 Å². The zero-order valence-corrected chi connectivity index (χ0v) is 58.4. The molecule has 0 aliphatic carbocycles. The molecule has 96 heavy (non-hydrogen) atoms. The van der Waals surface area contributed by atoms with Gasteiger partial charge in [-0.05, 0) is 74.0 Å². The first-order valence-corrected chi connectivity index (χ1v) is 29.1. The van der Waals surface area contributed by atoms with Crippen LogP contribution in [0.5, 0.6) is 5.75 Å². The number of nitrogens with two attached hydrogens (primary N) is 1. The molecule has 4 rings (SSSR count). The van der Waals surface area contributed by atoms with Crippen molar-refractivity contribution in [2.45, 2.75) is 114 Å². The fraction of sp³-hybridized carbons (Fsp3) is 0.569. The fourth-order valence-corrected chi connectivity index (χ4v) is 5.52. The topological polar surface area (TPSA) is 367 Å². The molecule has 0 radical (unpaired) electrons. The third-order valence-corrected chi connectivity index (χ3v) is 8.95. The van der Waals surface area contributed by atoms with Crippen molar-refractivity contribution in [1.82, 2.24) is 44.5 Å². The molecule has 0 saturated carbocycles. The van der Waals surface area contributed by atoms with E-state index in [9.17, 15) is 91.0 Å². The normalized spacial score (nSPS) is 10.1. The molecule has 0 atom stereocenters. The van der Waals surface area contributed by atoms with Gasteiger partial charge in [0.25, 0.3) is 50.3 Å². The monoisotopic (exact) mass is 1500 g/mol. The van der Waals surface area contributed by atoms with Gasteiger partial charge >= 0.3 is 59.9 Å². The number of hydrazine groups is 1. The summed E-state index contributed by atoms with van der Waals surface area (Å²) in [6, 6.07) is 0. The second kappa shape index (κ2) is 62.4. The molecule has 28 nitrogen and oxygen atoms in total. The number of rotatable bonds is 25. The number of hydrogen-bond acceptors (Lipinski definition) is 24. The maximum atomic E-state index is 12.5. The Morgan fingerprint density at radius 3 is 1.31 bits per heavy atom. The number of carbonyl (C=O) groups excluding carboxylic acids is 8. The third kappa shape index (κ3) is 48.6. The molecule has 550 valence electrons. The van der Waals surface area contributed by atoms with Gasteiger partial charge in [-0.15, -0.1) is 0 Å². The van der Waals surface area contributed by atoms with E-state index in [1.165, 1.54) is 61.4 Å². The molecule has 0 saturated heterocycles. The van der Waals surface area contributed by atoms with Gasteiger partial charge in [-0.25, -0.2) is 71.3 Å². The van der Waals surface area contributed by atoms with E-state index in [-0.39, 0.29) is 97.8 Å². The van der Waals surface area contributed by atoms with Gasteiger partial charge in [0.15, 0.2) is 11.4 Å². The first-order valence-electron chi connectivity index (χ1n) is 25.9. The third-order valence-electron chi connectivity index (χ3n) is 8.75. The van der Waals surface area contributed by atoms with Gasteiger partial charge < -0.3 is 43.4 Å². The number of allylic oxidation sites excluding steroid dienone is 1. The predicted molar refractivity (Wildman–Crippen MR) is 316 cm³/mol. The van der Waals surface area contributed by atoms with Gasteiger partial charge in [0, 0.05) is 81.8 Å². The Hall–Kier alpha value is -6.12. The van der Waals surface area contributed by atoms with Gasteiger partial charge in [-0.3, -0.25) is 54.0 Å². The number of halogens is 15. The summed E-state index contributed by atoms with van der Waals surface area (Å²) in [4.78, 5) is 84.9. The Bertz CT molecular complexity index is 2830. The van der Waals surface area contributed by atoms with Crippen LogP contribution in [-0.2, 0) is 94.5 Å². The van der Waals surface area contributed by atoms with Gasteiger partial charge in [0.05, 0.1) is 44.4 Å². The van der Waals surface area contributed by atoms with Gasteiger partial charge in [0.2, 0.25) is 20.8 Å². The average molecular weight is 1510 g/mol. The molecule has 0 aliphatic heterocycles. The maximum absolute atomic E-state index is 12.5. The number of nitrogens with zero attached hydrogens (tertiary/aromatic N) is 8. The van der Waals surface area contributed by atoms with Crippen LogP contribution in [0.1, 0.15) is 149 Å². The smallest absolute Gasteiger partial charge is 0.870 e. The summed E-state index contributed by atoms with van der Waals surface area (Å²) < 4.78 is 196. The van der Waals surface area contributed by atoms with E-state index in [2.05, 4.69) is 76.7 Å². The summed E-state index contributed by atoms with van der Waals surface area (Å²) in [5.41, 5.74) is -0.990. The first kappa shape index (κ1) is 106. The van der Waals surface area contributed by atoms with Crippen molar-refractivity contribution in [2.75, 3.05) is 53.3 Å². The Balaban J connectivity index is -0.000000154. The number of aromatic nitrogens is 8. The summed E-state index contributed by atoms with van der Waals surface area (Å²) in [6.45, 7) is 15.2. The number of nitrogens with one attached hydrogen (secondary N) is 1. The molecular formula is C51H76Cl3F12N10NaO18S. The van der Waals surface area contributed by atoms with Crippen LogP contribution >= 0.6 is 33.0 Å². The number of ketones is 2. The molecule has 4 N–H and O–H groups in total. The number of ether oxygens (including phenoxy) is 8. The van der Waals surface area contributed by atoms with Gasteiger partial charge in [-0.2, -0.15) is 20.4 Å². The van der Waals surface area contributed by atoms with Crippen LogP contribution in [-0.4, -0.2) is 169 Å². The number of aryl methyl sites for hydroxylation is 4. The van der Waals surface area contributed by atoms with Crippen LogP contribution in [0, 0.1) is 0 Å². The molecule has 4 heterocycles. The number of carbonyl (C=O) groups is 8. The SMILES string of the molecule is C.C/C=C(\C(=O)OCC)C(=O)C(F)F.CCOC(=O)CC(=O)C(F)F.CCOC(=O)c1cn(C)nc1C(F)F.CCOC(=O)c1cnn(C)c1C(F)F.CCOC(OCC)OCC.CNN.Cn1cc(C(=O)Cl)c(C(F)F)n1.Cn1cc(OC=O)c(C(F)F)n1.O=S(Cl)Cl.[Na+].[OH-]. The molecule has 0 unspecified atom stereocenters. The van der Waals surface area contributed by atoms with E-state index >= 15 is 0 Å². The summed E-state index contributed by atoms with van der Waals surface area (Å²) in [5, 5.41) is 12.9. The molecule has 0 aliphatic rings. The zero-order valence-electron chi connectivity index (χ0n) is 53.3. The van der Waals surface area contributed by atoms with Crippen molar-refractivity contribution >= 4 is 89.4 Å². The van der Waals surface area contributed by atoms with E-state index < -0.39 is 130 Å². The van der Waals surface area contributed by atoms with E-state index in [0.717, 1.165) is 37.2 Å². The minimum Gasteiger partial charge on any atom is -0.870 e. The fourth-order valence-electron chi connectivity index (χ4n) is 5.37. The van der Waals surface area contributed by atoms with Crippen molar-refractivity contribution in [2.24, 2.45) is 34.0 Å². The Morgan fingerprint density at radius 1 is 0.615 bits per heavy atom. The summed E-state index contributed by atoms with van der Waals surface area (Å²) in [7, 11) is 14.7. The minimum atomic E-state index is -3.17. The number of Topliss-reactive ketones (excluding diaryl/α,β-unsaturated/α-hetero) is 2. The van der Waals surface area contributed by atoms with Gasteiger partial charge in [0.1, 0.15) is 40.2 Å². The number of hydrogen-bond donors (Lipinski definition) is 2. The summed E-state index contributed by atoms with van der Waals surface area (Å²) >= 11 is 5.04. The van der Waals surface area contributed by atoms with Crippen molar-refractivity contribution < 1.29 is 168 Å². The predicted octanol–water partition coefficient (Wildman–Crippen LogP) is 6.77. The molecule has 0 spiro atoms. The van der Waals surface area contributed by atoms with E-state index in [0.29, 0.717) is 19.8 Å². The molecule has 4 aromatic heterocycles. The Morgan fingerprint density at radius 2 is 0.990 bits per heavy atom. The Labute approximate surface area is 582 Å². The van der Waals surface area contributed by atoms with Crippen molar-refractivity contribution in [3.63, 3.8) is 0 Å². The van der Waals surface area contributed by atoms with Crippen LogP contribution in [0.25, 0.3) is 0 Å². The second-order valence-electron chi connectivity index (χ2n) is 15.4. The van der Waals surface area contributed by atoms with E-state index in [1.807, 2.05) is 20.8 Å². The summed E-state index contributed by atoms with van der Waals surface area (Å²) in [5.74, 6) is -1.95. The molecule has 45 heteroatoms. The summed E-state index contributed by atoms with van der Waals surface area (Å²) in [6.07, 6.45) is -12.4. The largest absolute Gasteiger partial charge is 1.00 e. The molecule has 0 bridgehead atoms. The first-order chi connectivity index (χ1) is 43.4. The van der Waals surface area contributed by atoms with Crippen molar-refractivity contribution in [1.29, 1.82) is 0 Å². The Kier molecular flexibility index (Phi) is 68.8. The molecule has 0 fully saturated rings. The molecule has 0 aromatic carbocycles. The van der Waals surface area contributed by atoms with Crippen LogP contribution in [0.3, 0.4) is 0 Å². The van der Waals surface area contributed by atoms with Crippen LogP contribution < -0.4 is 45.6 Å². The minimum absolute atomic E-state index is 0. The van der Waals surface area contributed by atoms with E-state index in [1.54, 1.807) is 20.9 Å².